The molecule has 2 aromatic rings. The van der Waals surface area contributed by atoms with Crippen LogP contribution in [0.25, 0.3) is 11.1 Å². The fourth-order valence-electron chi connectivity index (χ4n) is 2.04. The first-order valence-electron chi connectivity index (χ1n) is 6.58. The Morgan fingerprint density at radius 3 is 2.74 bits per heavy atom. The third kappa shape index (κ3) is 3.93. The molecule has 0 bridgehead atoms. The zero-order valence-corrected chi connectivity index (χ0v) is 11.9. The molecule has 0 fully saturated rings. The maximum absolute atomic E-state index is 11.3. The van der Waals surface area contributed by atoms with Crippen LogP contribution in [0.1, 0.15) is 24.6 Å². The van der Waals surface area contributed by atoms with Crippen LogP contribution in [0, 0.1) is 0 Å². The first-order chi connectivity index (χ1) is 9.31. The number of ether oxygens (including phenoxy) is 1. The number of thiophene rings is 1. The molecule has 0 spiro atoms. The lowest BCUT2D eigenvalue weighted by atomic mass is 10.0. The molecule has 0 saturated carbocycles. The van der Waals surface area contributed by atoms with E-state index in [1.54, 1.807) is 11.3 Å². The van der Waals surface area contributed by atoms with Gasteiger partial charge < -0.3 is 4.74 Å². The Morgan fingerprint density at radius 2 is 2.00 bits per heavy atom. The molecule has 19 heavy (non-hydrogen) atoms. The molecule has 0 aliphatic rings. The summed E-state index contributed by atoms with van der Waals surface area (Å²) in [6.07, 6.45) is 2.28. The summed E-state index contributed by atoms with van der Waals surface area (Å²) in [4.78, 5) is 12.7. The average molecular weight is 274 g/mol. The molecule has 0 saturated heterocycles. The summed E-state index contributed by atoms with van der Waals surface area (Å²) in [6, 6.07) is 12.5. The van der Waals surface area contributed by atoms with E-state index in [2.05, 4.69) is 35.7 Å². The fraction of sp³-hybridized carbons (Fsp3) is 0.312. The van der Waals surface area contributed by atoms with Crippen molar-refractivity contribution < 1.29 is 9.53 Å². The largest absolute Gasteiger partial charge is 0.466 e. The number of carbonyl (C=O) groups excluding carboxylic acids is 1. The third-order valence-electron chi connectivity index (χ3n) is 2.92. The van der Waals surface area contributed by atoms with Gasteiger partial charge in [0.05, 0.1) is 6.61 Å². The summed E-state index contributed by atoms with van der Waals surface area (Å²) in [5.74, 6) is -0.0969. The normalized spacial score (nSPS) is 10.4. The molecular formula is C16H18O2S. The van der Waals surface area contributed by atoms with Crippen molar-refractivity contribution in [1.29, 1.82) is 0 Å². The van der Waals surface area contributed by atoms with E-state index in [0.717, 1.165) is 12.8 Å². The van der Waals surface area contributed by atoms with E-state index < -0.39 is 0 Å². The monoisotopic (exact) mass is 274 g/mol. The zero-order valence-electron chi connectivity index (χ0n) is 11.1. The van der Waals surface area contributed by atoms with Crippen molar-refractivity contribution in [2.45, 2.75) is 26.2 Å². The van der Waals surface area contributed by atoms with E-state index in [4.69, 9.17) is 4.74 Å². The van der Waals surface area contributed by atoms with Crippen LogP contribution in [0.15, 0.2) is 41.8 Å². The molecule has 0 amide bonds. The highest BCUT2D eigenvalue weighted by molar-refractivity contribution is 7.10. The van der Waals surface area contributed by atoms with Gasteiger partial charge in [0, 0.05) is 11.3 Å². The maximum Gasteiger partial charge on any atom is 0.305 e. The predicted octanol–water partition coefficient (Wildman–Crippen LogP) is 4.30. The molecule has 2 rings (SSSR count). The lowest BCUT2D eigenvalue weighted by Crippen LogP contribution is -2.03. The molecule has 0 N–H and O–H groups in total. The molecule has 0 radical (unpaired) electrons. The summed E-state index contributed by atoms with van der Waals surface area (Å²) in [7, 11) is 0. The van der Waals surface area contributed by atoms with Gasteiger partial charge in [-0.2, -0.15) is 0 Å². The Morgan fingerprint density at radius 1 is 1.21 bits per heavy atom. The molecule has 0 unspecified atom stereocenters. The van der Waals surface area contributed by atoms with Crippen LogP contribution in [0.5, 0.6) is 0 Å². The van der Waals surface area contributed by atoms with E-state index in [1.165, 1.54) is 16.0 Å². The summed E-state index contributed by atoms with van der Waals surface area (Å²) < 4.78 is 4.94. The van der Waals surface area contributed by atoms with Gasteiger partial charge in [-0.3, -0.25) is 4.79 Å². The number of benzene rings is 1. The van der Waals surface area contributed by atoms with Gasteiger partial charge in [0.15, 0.2) is 0 Å². The van der Waals surface area contributed by atoms with E-state index in [-0.39, 0.29) is 5.97 Å². The van der Waals surface area contributed by atoms with E-state index >= 15 is 0 Å². The third-order valence-corrected chi connectivity index (χ3v) is 3.90. The second-order valence-corrected chi connectivity index (χ2v) is 5.28. The minimum atomic E-state index is -0.0969. The number of rotatable bonds is 6. The lowest BCUT2D eigenvalue weighted by Gasteiger charge is -2.04. The van der Waals surface area contributed by atoms with Gasteiger partial charge in [-0.25, -0.2) is 0 Å². The average Bonchev–Trinajstić information content (AvgIpc) is 2.88. The van der Waals surface area contributed by atoms with Crippen molar-refractivity contribution in [2.24, 2.45) is 0 Å². The molecule has 2 nitrogen and oxygen atoms in total. The SMILES string of the molecule is CCOC(=O)CCCc1sccc1-c1ccccc1. The highest BCUT2D eigenvalue weighted by atomic mass is 32.1. The summed E-state index contributed by atoms with van der Waals surface area (Å²) in [5.41, 5.74) is 2.53. The van der Waals surface area contributed by atoms with Crippen LogP contribution >= 0.6 is 11.3 Å². The molecule has 1 aromatic carbocycles. The Balaban J connectivity index is 1.95. The minimum Gasteiger partial charge on any atom is -0.466 e. The van der Waals surface area contributed by atoms with Gasteiger partial charge in [-0.05, 0) is 42.3 Å². The molecule has 0 aliphatic heterocycles. The number of aryl methyl sites for hydroxylation is 1. The van der Waals surface area contributed by atoms with Gasteiger partial charge in [-0.1, -0.05) is 30.3 Å². The second kappa shape index (κ2) is 7.10. The van der Waals surface area contributed by atoms with Crippen molar-refractivity contribution in [2.75, 3.05) is 6.61 Å². The Kier molecular flexibility index (Phi) is 5.16. The number of esters is 1. The Hall–Kier alpha value is -1.61. The number of hydrogen-bond acceptors (Lipinski definition) is 3. The zero-order chi connectivity index (χ0) is 13.5. The van der Waals surface area contributed by atoms with E-state index in [9.17, 15) is 4.79 Å². The molecule has 100 valence electrons. The smallest absolute Gasteiger partial charge is 0.305 e. The summed E-state index contributed by atoms with van der Waals surface area (Å²) in [6.45, 7) is 2.30. The highest BCUT2D eigenvalue weighted by Crippen LogP contribution is 2.29. The summed E-state index contributed by atoms with van der Waals surface area (Å²) in [5, 5.41) is 2.11. The molecular weight excluding hydrogens is 256 g/mol. The van der Waals surface area contributed by atoms with Crippen LogP contribution in [0.3, 0.4) is 0 Å². The van der Waals surface area contributed by atoms with Crippen molar-refractivity contribution in [3.05, 3.63) is 46.7 Å². The standard InChI is InChI=1S/C16H18O2S/c1-2-18-16(17)10-6-9-15-14(11-12-19-15)13-7-4-3-5-8-13/h3-5,7-8,11-12H,2,6,9-10H2,1H3. The molecule has 1 aromatic heterocycles. The number of carbonyl (C=O) groups is 1. The highest BCUT2D eigenvalue weighted by Gasteiger charge is 2.08. The quantitative estimate of drug-likeness (QED) is 0.734. The topological polar surface area (TPSA) is 26.3 Å². The predicted molar refractivity (Wildman–Crippen MR) is 79.3 cm³/mol. The van der Waals surface area contributed by atoms with Crippen molar-refractivity contribution in [3.63, 3.8) is 0 Å². The molecule has 0 aliphatic carbocycles. The fourth-order valence-corrected chi connectivity index (χ4v) is 2.98. The van der Waals surface area contributed by atoms with Gasteiger partial charge in [-0.15, -0.1) is 11.3 Å². The van der Waals surface area contributed by atoms with Crippen LogP contribution < -0.4 is 0 Å². The Labute approximate surface area is 118 Å². The number of hydrogen-bond donors (Lipinski definition) is 0. The van der Waals surface area contributed by atoms with Crippen LogP contribution in [-0.2, 0) is 16.0 Å². The van der Waals surface area contributed by atoms with E-state index in [0.29, 0.717) is 13.0 Å². The Bertz CT molecular complexity index is 517. The van der Waals surface area contributed by atoms with E-state index in [1.807, 2.05) is 13.0 Å². The van der Waals surface area contributed by atoms with Gasteiger partial charge in [0.2, 0.25) is 0 Å². The lowest BCUT2D eigenvalue weighted by molar-refractivity contribution is -0.143. The first-order valence-corrected chi connectivity index (χ1v) is 7.46. The van der Waals surface area contributed by atoms with Crippen LogP contribution in [0.2, 0.25) is 0 Å². The molecule has 1 heterocycles. The van der Waals surface area contributed by atoms with Crippen LogP contribution in [0.4, 0.5) is 0 Å². The van der Waals surface area contributed by atoms with Crippen LogP contribution in [-0.4, -0.2) is 12.6 Å². The van der Waals surface area contributed by atoms with Gasteiger partial charge in [0.25, 0.3) is 0 Å². The first kappa shape index (κ1) is 13.8. The van der Waals surface area contributed by atoms with Crippen molar-refractivity contribution in [3.8, 4) is 11.1 Å². The van der Waals surface area contributed by atoms with Crippen molar-refractivity contribution >= 4 is 17.3 Å². The maximum atomic E-state index is 11.3. The van der Waals surface area contributed by atoms with Crippen molar-refractivity contribution in [1.82, 2.24) is 0 Å². The molecule has 0 atom stereocenters. The second-order valence-electron chi connectivity index (χ2n) is 4.28. The van der Waals surface area contributed by atoms with Gasteiger partial charge in [0.1, 0.15) is 0 Å². The summed E-state index contributed by atoms with van der Waals surface area (Å²) >= 11 is 1.76. The van der Waals surface area contributed by atoms with Gasteiger partial charge >= 0.3 is 5.97 Å². The minimum absolute atomic E-state index is 0.0969. The molecule has 3 heteroatoms.